The van der Waals surface area contributed by atoms with Gasteiger partial charge in [0.05, 0.1) is 23.2 Å². The number of pyridine rings is 1. The van der Waals surface area contributed by atoms with Crippen molar-refractivity contribution in [3.8, 4) is 5.75 Å². The first-order valence-corrected chi connectivity index (χ1v) is 12.1. The first kappa shape index (κ1) is 22.1. The number of nitrogens with zero attached hydrogens (tertiary/aromatic N) is 1. The number of halogens is 1. The van der Waals surface area contributed by atoms with E-state index in [2.05, 4.69) is 17.2 Å². The van der Waals surface area contributed by atoms with Crippen molar-refractivity contribution in [2.45, 2.75) is 29.7 Å². The largest absolute Gasteiger partial charge is 0.497 e. The Kier molecular flexibility index (Phi) is 6.35. The molecular formula is C25H23ClN2O3S. The first-order chi connectivity index (χ1) is 15.4. The van der Waals surface area contributed by atoms with Gasteiger partial charge in [0, 0.05) is 23.2 Å². The van der Waals surface area contributed by atoms with Crippen LogP contribution in [-0.4, -0.2) is 20.5 Å². The minimum absolute atomic E-state index is 0.133. The lowest BCUT2D eigenvalue weighted by Gasteiger charge is -2.16. The van der Waals surface area contributed by atoms with Gasteiger partial charge < -0.3 is 10.1 Å². The molecule has 7 heteroatoms. The van der Waals surface area contributed by atoms with Gasteiger partial charge in [-0.15, -0.1) is 0 Å². The minimum atomic E-state index is -3.82. The highest BCUT2D eigenvalue weighted by Crippen LogP contribution is 2.34. The zero-order chi connectivity index (χ0) is 22.7. The summed E-state index contributed by atoms with van der Waals surface area (Å²) in [4.78, 5) is 4.74. The predicted octanol–water partition coefficient (Wildman–Crippen LogP) is 5.90. The Morgan fingerprint density at radius 2 is 1.66 bits per heavy atom. The molecule has 0 radical (unpaired) electrons. The van der Waals surface area contributed by atoms with Crippen LogP contribution in [0.4, 0.5) is 5.69 Å². The van der Waals surface area contributed by atoms with Gasteiger partial charge in [0.2, 0.25) is 9.84 Å². The number of sulfone groups is 1. The first-order valence-electron chi connectivity index (χ1n) is 10.2. The van der Waals surface area contributed by atoms with Crippen LogP contribution in [0.1, 0.15) is 18.1 Å². The number of nitrogens with one attached hydrogen (secondary N) is 1. The summed E-state index contributed by atoms with van der Waals surface area (Å²) >= 11 is 5.96. The predicted molar refractivity (Wildman–Crippen MR) is 128 cm³/mol. The summed E-state index contributed by atoms with van der Waals surface area (Å²) < 4.78 is 32.3. The molecule has 0 saturated carbocycles. The number of hydrogen-bond donors (Lipinski definition) is 1. The van der Waals surface area contributed by atoms with Crippen LogP contribution in [-0.2, 0) is 22.8 Å². The summed E-state index contributed by atoms with van der Waals surface area (Å²) in [5.74, 6) is 0.765. The SMILES string of the molecule is CCc1ccc2ncc(S(=O)(=O)c3ccc(Cl)cc3)c(NCc3ccc(OC)cc3)c2c1. The fraction of sp³-hybridized carbons (Fsp3) is 0.160. The highest BCUT2D eigenvalue weighted by molar-refractivity contribution is 7.91. The minimum Gasteiger partial charge on any atom is -0.497 e. The summed E-state index contributed by atoms with van der Waals surface area (Å²) in [6.45, 7) is 2.51. The molecule has 1 aromatic heterocycles. The molecule has 0 aliphatic rings. The van der Waals surface area contributed by atoms with E-state index in [4.69, 9.17) is 16.3 Å². The van der Waals surface area contributed by atoms with E-state index in [9.17, 15) is 8.42 Å². The normalized spacial score (nSPS) is 11.5. The zero-order valence-electron chi connectivity index (χ0n) is 17.8. The lowest BCUT2D eigenvalue weighted by Crippen LogP contribution is -2.10. The van der Waals surface area contributed by atoms with Crippen molar-refractivity contribution >= 4 is 38.0 Å². The van der Waals surface area contributed by atoms with Crippen molar-refractivity contribution in [1.29, 1.82) is 0 Å². The van der Waals surface area contributed by atoms with Gasteiger partial charge in [-0.05, 0) is 66.1 Å². The Labute approximate surface area is 192 Å². The highest BCUT2D eigenvalue weighted by Gasteiger charge is 2.24. The van der Waals surface area contributed by atoms with Gasteiger partial charge in [-0.25, -0.2) is 8.42 Å². The molecule has 5 nitrogen and oxygen atoms in total. The average molecular weight is 467 g/mol. The molecule has 0 bridgehead atoms. The second kappa shape index (κ2) is 9.18. The van der Waals surface area contributed by atoms with Crippen molar-refractivity contribution in [2.75, 3.05) is 12.4 Å². The molecule has 3 aromatic carbocycles. The molecule has 32 heavy (non-hydrogen) atoms. The van der Waals surface area contributed by atoms with Crippen LogP contribution in [0.2, 0.25) is 5.02 Å². The van der Waals surface area contributed by atoms with Crippen LogP contribution in [0.3, 0.4) is 0 Å². The Bertz CT molecular complexity index is 1350. The van der Waals surface area contributed by atoms with Gasteiger partial charge in [-0.3, -0.25) is 4.98 Å². The van der Waals surface area contributed by atoms with Crippen LogP contribution in [0.25, 0.3) is 10.9 Å². The smallest absolute Gasteiger partial charge is 0.210 e. The molecule has 4 aromatic rings. The standard InChI is InChI=1S/C25H23ClN2O3S/c1-3-17-6-13-23-22(14-17)25(28-15-18-4-9-20(31-2)10-5-18)24(16-27-23)32(29,30)21-11-7-19(26)8-12-21/h4-14,16H,3,15H2,1-2H3,(H,27,28). The molecule has 0 aliphatic carbocycles. The molecule has 0 amide bonds. The molecule has 0 aliphatic heterocycles. The third kappa shape index (κ3) is 4.42. The quantitative estimate of drug-likeness (QED) is 0.367. The molecule has 0 unspecified atom stereocenters. The lowest BCUT2D eigenvalue weighted by atomic mass is 10.1. The fourth-order valence-electron chi connectivity index (χ4n) is 3.50. The Morgan fingerprint density at radius 1 is 0.969 bits per heavy atom. The van der Waals surface area contributed by atoms with Gasteiger partial charge in [0.1, 0.15) is 10.6 Å². The van der Waals surface area contributed by atoms with E-state index in [1.54, 1.807) is 19.2 Å². The average Bonchev–Trinajstić information content (AvgIpc) is 2.82. The number of hydrogen-bond acceptors (Lipinski definition) is 5. The van der Waals surface area contributed by atoms with Crippen LogP contribution < -0.4 is 10.1 Å². The van der Waals surface area contributed by atoms with E-state index >= 15 is 0 Å². The van der Waals surface area contributed by atoms with Crippen molar-refractivity contribution in [1.82, 2.24) is 4.98 Å². The molecule has 0 spiro atoms. The lowest BCUT2D eigenvalue weighted by molar-refractivity contribution is 0.414. The Balaban J connectivity index is 1.83. The number of rotatable bonds is 7. The molecule has 164 valence electrons. The van der Waals surface area contributed by atoms with E-state index in [0.717, 1.165) is 34.2 Å². The molecule has 0 atom stereocenters. The van der Waals surface area contributed by atoms with Gasteiger partial charge in [-0.2, -0.15) is 0 Å². The monoisotopic (exact) mass is 466 g/mol. The van der Waals surface area contributed by atoms with Gasteiger partial charge in [-0.1, -0.05) is 36.7 Å². The summed E-state index contributed by atoms with van der Waals surface area (Å²) in [5.41, 5.74) is 3.37. The maximum Gasteiger partial charge on any atom is 0.210 e. The number of methoxy groups -OCH3 is 1. The Morgan fingerprint density at radius 3 is 2.31 bits per heavy atom. The third-order valence-corrected chi connectivity index (χ3v) is 7.38. The van der Waals surface area contributed by atoms with E-state index in [1.807, 2.05) is 42.5 Å². The fourth-order valence-corrected chi connectivity index (χ4v) is 5.02. The van der Waals surface area contributed by atoms with Crippen molar-refractivity contribution < 1.29 is 13.2 Å². The third-order valence-electron chi connectivity index (χ3n) is 5.35. The van der Waals surface area contributed by atoms with Crippen molar-refractivity contribution in [3.63, 3.8) is 0 Å². The van der Waals surface area contributed by atoms with E-state index in [-0.39, 0.29) is 9.79 Å². The number of aryl methyl sites for hydroxylation is 1. The van der Waals surface area contributed by atoms with Crippen LogP contribution >= 0.6 is 11.6 Å². The highest BCUT2D eigenvalue weighted by atomic mass is 35.5. The van der Waals surface area contributed by atoms with Crippen LogP contribution in [0.15, 0.2) is 82.7 Å². The molecule has 1 N–H and O–H groups in total. The molecule has 0 saturated heterocycles. The number of fused-ring (bicyclic) bond motifs is 1. The Hall–Kier alpha value is -3.09. The van der Waals surface area contributed by atoms with Crippen LogP contribution in [0, 0.1) is 0 Å². The summed E-state index contributed by atoms with van der Waals surface area (Å²) in [6.07, 6.45) is 2.26. The molecular weight excluding hydrogens is 444 g/mol. The number of benzene rings is 3. The molecule has 4 rings (SSSR count). The van der Waals surface area contributed by atoms with Crippen LogP contribution in [0.5, 0.6) is 5.75 Å². The van der Waals surface area contributed by atoms with Gasteiger partial charge in [0.25, 0.3) is 0 Å². The van der Waals surface area contributed by atoms with Gasteiger partial charge >= 0.3 is 0 Å². The number of ether oxygens (including phenoxy) is 1. The van der Waals surface area contributed by atoms with E-state index < -0.39 is 9.84 Å². The van der Waals surface area contributed by atoms with Gasteiger partial charge in [0.15, 0.2) is 0 Å². The number of aromatic nitrogens is 1. The van der Waals surface area contributed by atoms with Crippen molar-refractivity contribution in [3.05, 3.63) is 89.1 Å². The van der Waals surface area contributed by atoms with Crippen molar-refractivity contribution in [2.24, 2.45) is 0 Å². The number of anilines is 1. The second-order valence-corrected chi connectivity index (χ2v) is 9.72. The second-order valence-electron chi connectivity index (χ2n) is 7.36. The zero-order valence-corrected chi connectivity index (χ0v) is 19.4. The summed E-state index contributed by atoms with van der Waals surface area (Å²) in [5, 5.41) is 4.61. The maximum atomic E-state index is 13.5. The topological polar surface area (TPSA) is 68.3 Å². The van der Waals surface area contributed by atoms with E-state index in [1.165, 1.54) is 18.3 Å². The maximum absolute atomic E-state index is 13.5. The molecule has 0 fully saturated rings. The summed E-state index contributed by atoms with van der Waals surface area (Å²) in [6, 6.07) is 19.7. The van der Waals surface area contributed by atoms with E-state index in [0.29, 0.717) is 17.3 Å². The summed E-state index contributed by atoms with van der Waals surface area (Å²) in [7, 11) is -2.20. The molecule has 1 heterocycles.